The first-order valence-electron chi connectivity index (χ1n) is 16.0. The molecule has 258 valence electrons. The van der Waals surface area contributed by atoms with Gasteiger partial charge < -0.3 is 23.7 Å². The van der Waals surface area contributed by atoms with E-state index in [0.717, 1.165) is 37.4 Å². The van der Waals surface area contributed by atoms with E-state index in [4.69, 9.17) is 46.9 Å². The van der Waals surface area contributed by atoms with E-state index >= 15 is 0 Å². The SMILES string of the molecule is COc1ccc([C@H](Cc2c(Cl)c[nH+]cc2Cl)OC(=O)c2ccc(CN(C(=O)O[C@H]3CN4CCC3CC4)c3ccccc3OC)s2)cc1OC. The molecule has 2 aromatic carbocycles. The van der Waals surface area contributed by atoms with Gasteiger partial charge in [0.1, 0.15) is 32.9 Å². The molecule has 13 heteroatoms. The molecular formula is C36H38Cl2N3O7S+. The van der Waals surface area contributed by atoms with E-state index in [1.165, 1.54) is 18.4 Å². The number of carbonyl (C=O) groups is 2. The van der Waals surface area contributed by atoms with Crippen molar-refractivity contribution in [2.75, 3.05) is 45.9 Å². The number of fused-ring (bicyclic) bond motifs is 3. The second-order valence-corrected chi connectivity index (χ2v) is 13.9. The standard InChI is InChI=1S/C36H37Cl2N3O7S/c1-44-29-7-5-4-6-28(29)41(36(43)48-33-21-40-14-12-22(33)13-15-40)20-24-9-11-34(49-24)35(42)47-31(17-25-26(37)18-39-19-27(25)38)23-8-10-30(45-2)32(16-23)46-3/h4-11,16,18-19,22,31,33H,12-15,17,20-21H2,1-3H3/p+1/t31-,33-/m0/s1. The van der Waals surface area contributed by atoms with E-state index in [9.17, 15) is 9.59 Å². The number of thiophene rings is 1. The molecule has 0 unspecified atom stereocenters. The molecule has 0 aliphatic carbocycles. The third kappa shape index (κ3) is 7.91. The average molecular weight is 728 g/mol. The lowest BCUT2D eigenvalue weighted by Gasteiger charge is -2.44. The second-order valence-electron chi connectivity index (χ2n) is 11.9. The zero-order valence-corrected chi connectivity index (χ0v) is 29.8. The number of amides is 1. The molecule has 3 aliphatic rings. The minimum atomic E-state index is -0.767. The molecule has 10 nitrogen and oxygen atoms in total. The number of nitrogens with one attached hydrogen (secondary N) is 1. The minimum Gasteiger partial charge on any atom is -0.495 e. The molecular weight excluding hydrogens is 689 g/mol. The van der Waals surface area contributed by atoms with Gasteiger partial charge in [-0.2, -0.15) is 0 Å². The van der Waals surface area contributed by atoms with Crippen molar-refractivity contribution in [3.05, 3.63) is 97.9 Å². The summed E-state index contributed by atoms with van der Waals surface area (Å²) in [6.45, 7) is 2.99. The molecule has 3 aliphatic heterocycles. The van der Waals surface area contributed by atoms with Gasteiger partial charge in [-0.05, 0) is 73.8 Å². The van der Waals surface area contributed by atoms with Crippen LogP contribution in [-0.2, 0) is 22.4 Å². The number of nitrogens with zero attached hydrogens (tertiary/aromatic N) is 2. The van der Waals surface area contributed by atoms with E-state index in [2.05, 4.69) is 9.88 Å². The summed E-state index contributed by atoms with van der Waals surface area (Å²) in [6, 6.07) is 16.2. The molecule has 3 saturated heterocycles. The molecule has 0 saturated carbocycles. The highest BCUT2D eigenvalue weighted by Gasteiger charge is 2.38. The Bertz CT molecular complexity index is 1780. The summed E-state index contributed by atoms with van der Waals surface area (Å²) in [5, 5.41) is 0.822. The van der Waals surface area contributed by atoms with Gasteiger partial charge in [-0.3, -0.25) is 9.80 Å². The number of hydrogen-bond donors (Lipinski definition) is 0. The Labute approximate surface area is 299 Å². The highest BCUT2D eigenvalue weighted by molar-refractivity contribution is 7.14. The number of H-pyrrole nitrogens is 1. The Morgan fingerprint density at radius 1 is 0.939 bits per heavy atom. The summed E-state index contributed by atoms with van der Waals surface area (Å²) in [5.41, 5.74) is 1.87. The number of carbonyl (C=O) groups excluding carboxylic acids is 2. The normalized spacial score (nSPS) is 18.8. The molecule has 2 bridgehead atoms. The number of ether oxygens (including phenoxy) is 5. The van der Waals surface area contributed by atoms with E-state index in [1.54, 1.807) is 55.8 Å². The maximum atomic E-state index is 13.8. The van der Waals surface area contributed by atoms with Gasteiger partial charge in [0.2, 0.25) is 0 Å². The quantitative estimate of drug-likeness (QED) is 0.141. The fourth-order valence-electron chi connectivity index (χ4n) is 6.39. The number of rotatable bonds is 12. The summed E-state index contributed by atoms with van der Waals surface area (Å²) in [4.78, 5) is 35.5. The monoisotopic (exact) mass is 726 g/mol. The zero-order valence-electron chi connectivity index (χ0n) is 27.4. The predicted molar refractivity (Wildman–Crippen MR) is 187 cm³/mol. The predicted octanol–water partition coefficient (Wildman–Crippen LogP) is 7.27. The topological polar surface area (TPSA) is 101 Å². The van der Waals surface area contributed by atoms with E-state index < -0.39 is 18.2 Å². The van der Waals surface area contributed by atoms with Gasteiger partial charge >= 0.3 is 12.1 Å². The molecule has 4 aromatic rings. The van der Waals surface area contributed by atoms with Crippen LogP contribution in [0, 0.1) is 5.92 Å². The van der Waals surface area contributed by atoms with Gasteiger partial charge in [0.15, 0.2) is 23.9 Å². The minimum absolute atomic E-state index is 0.167. The van der Waals surface area contributed by atoms with Crippen molar-refractivity contribution in [2.24, 2.45) is 5.92 Å². The van der Waals surface area contributed by atoms with Crippen molar-refractivity contribution in [3.63, 3.8) is 0 Å². The summed E-state index contributed by atoms with van der Waals surface area (Å²) in [5.74, 6) is 1.38. The Hall–Kier alpha value is -4.03. The number of benzene rings is 2. The summed E-state index contributed by atoms with van der Waals surface area (Å²) >= 11 is 14.2. The Morgan fingerprint density at radius 3 is 2.33 bits per heavy atom. The van der Waals surface area contributed by atoms with Crippen LogP contribution in [0.3, 0.4) is 0 Å². The van der Waals surface area contributed by atoms with E-state index in [0.29, 0.717) is 54.9 Å². The maximum Gasteiger partial charge on any atom is 0.415 e. The van der Waals surface area contributed by atoms with Crippen LogP contribution >= 0.6 is 34.5 Å². The number of piperidine rings is 3. The lowest BCUT2D eigenvalue weighted by molar-refractivity contribution is -0.377. The van der Waals surface area contributed by atoms with Crippen LogP contribution in [0.1, 0.15) is 44.6 Å². The third-order valence-corrected chi connectivity index (χ3v) is 10.8. The molecule has 2 aromatic heterocycles. The second kappa shape index (κ2) is 15.7. The van der Waals surface area contributed by atoms with Gasteiger partial charge in [-0.15, -0.1) is 11.3 Å². The summed E-state index contributed by atoms with van der Waals surface area (Å²) in [7, 11) is 4.66. The summed E-state index contributed by atoms with van der Waals surface area (Å²) in [6.07, 6.45) is 4.11. The van der Waals surface area contributed by atoms with Crippen LogP contribution in [0.15, 0.2) is 67.0 Å². The van der Waals surface area contributed by atoms with Gasteiger partial charge in [0.05, 0.1) is 33.6 Å². The van der Waals surface area contributed by atoms with Gasteiger partial charge in [0.25, 0.3) is 0 Å². The Morgan fingerprint density at radius 2 is 1.65 bits per heavy atom. The molecule has 49 heavy (non-hydrogen) atoms. The molecule has 5 heterocycles. The van der Waals surface area contributed by atoms with Crippen LogP contribution in [0.25, 0.3) is 0 Å². The lowest BCUT2D eigenvalue weighted by atomic mass is 9.86. The third-order valence-electron chi connectivity index (χ3n) is 9.04. The van der Waals surface area contributed by atoms with Crippen LogP contribution in [0.2, 0.25) is 10.0 Å². The highest BCUT2D eigenvalue weighted by atomic mass is 35.5. The van der Waals surface area contributed by atoms with E-state index in [1.807, 2.05) is 30.3 Å². The number of pyridine rings is 1. The van der Waals surface area contributed by atoms with Crippen LogP contribution < -0.4 is 24.1 Å². The fraction of sp³-hybridized carbons (Fsp3) is 0.361. The lowest BCUT2D eigenvalue weighted by Crippen LogP contribution is -2.53. The number of para-hydroxylation sites is 2. The first-order chi connectivity index (χ1) is 23.8. The van der Waals surface area contributed by atoms with Crippen molar-refractivity contribution in [2.45, 2.75) is 38.0 Å². The number of methoxy groups -OCH3 is 3. The van der Waals surface area contributed by atoms with Crippen molar-refractivity contribution in [1.29, 1.82) is 0 Å². The van der Waals surface area contributed by atoms with E-state index in [-0.39, 0.29) is 19.1 Å². The number of esters is 1. The van der Waals surface area contributed by atoms with Crippen molar-refractivity contribution in [1.82, 2.24) is 4.90 Å². The van der Waals surface area contributed by atoms with Crippen molar-refractivity contribution in [3.8, 4) is 17.2 Å². The largest absolute Gasteiger partial charge is 0.495 e. The van der Waals surface area contributed by atoms with Crippen molar-refractivity contribution >= 4 is 52.3 Å². The first-order valence-corrected chi connectivity index (χ1v) is 17.5. The smallest absolute Gasteiger partial charge is 0.415 e. The van der Waals surface area contributed by atoms with Gasteiger partial charge in [0, 0.05) is 23.4 Å². The van der Waals surface area contributed by atoms with Crippen molar-refractivity contribution < 1.29 is 38.3 Å². The van der Waals surface area contributed by atoms with Crippen LogP contribution in [-0.4, -0.2) is 64.0 Å². The maximum absolute atomic E-state index is 13.8. The fourth-order valence-corrected chi connectivity index (χ4v) is 7.80. The Kier molecular flexibility index (Phi) is 11.1. The summed E-state index contributed by atoms with van der Waals surface area (Å²) < 4.78 is 28.8. The number of halogens is 2. The molecule has 3 fully saturated rings. The number of anilines is 1. The number of aromatic amines is 1. The molecule has 0 radical (unpaired) electrons. The Balaban J connectivity index is 1.24. The van der Waals surface area contributed by atoms with Crippen LogP contribution in [0.4, 0.5) is 10.5 Å². The highest BCUT2D eigenvalue weighted by Crippen LogP contribution is 2.37. The van der Waals surface area contributed by atoms with Gasteiger partial charge in [-0.1, -0.05) is 41.4 Å². The van der Waals surface area contributed by atoms with Crippen LogP contribution in [0.5, 0.6) is 17.2 Å². The first kappa shape index (κ1) is 34.8. The number of hydrogen-bond acceptors (Lipinski definition) is 9. The molecule has 7 rings (SSSR count). The molecule has 1 amide bonds. The molecule has 1 N–H and O–H groups in total. The molecule has 2 atom stereocenters. The average Bonchev–Trinajstić information content (AvgIpc) is 3.61. The van der Waals surface area contributed by atoms with Gasteiger partial charge in [-0.25, -0.2) is 14.6 Å². The number of aromatic nitrogens is 1. The zero-order chi connectivity index (χ0) is 34.5. The molecule has 0 spiro atoms.